The molecule has 118 valence electrons. The highest BCUT2D eigenvalue weighted by Crippen LogP contribution is 2.26. The highest BCUT2D eigenvalue weighted by atomic mass is 35.5. The van der Waals surface area contributed by atoms with Crippen molar-refractivity contribution in [2.24, 2.45) is 0 Å². The quantitative estimate of drug-likeness (QED) is 0.673. The Labute approximate surface area is 144 Å². The van der Waals surface area contributed by atoms with Gasteiger partial charge in [-0.1, -0.05) is 35.9 Å². The molecular formula is C18H13ClN4O. The fourth-order valence-corrected chi connectivity index (χ4v) is 2.98. The first-order valence-corrected chi connectivity index (χ1v) is 7.96. The van der Waals surface area contributed by atoms with Gasteiger partial charge >= 0.3 is 0 Å². The fourth-order valence-electron chi connectivity index (χ4n) is 2.80. The lowest BCUT2D eigenvalue weighted by Crippen LogP contribution is -2.38. The molecule has 3 aromatic rings. The topological polar surface area (TPSA) is 59.0 Å². The summed E-state index contributed by atoms with van der Waals surface area (Å²) in [5.41, 5.74) is 2.38. The summed E-state index contributed by atoms with van der Waals surface area (Å²) in [6.45, 7) is 0.560. The van der Waals surface area contributed by atoms with E-state index in [1.807, 2.05) is 42.5 Å². The minimum absolute atomic E-state index is 0.0708. The zero-order chi connectivity index (χ0) is 16.5. The molecule has 4 rings (SSSR count). The fraction of sp³-hybridized carbons (Fsp3) is 0.111. The summed E-state index contributed by atoms with van der Waals surface area (Å²) < 4.78 is 0. The number of anilines is 1. The molecule has 0 saturated heterocycles. The van der Waals surface area contributed by atoms with E-state index in [9.17, 15) is 4.79 Å². The first kappa shape index (κ1) is 14.8. The summed E-state index contributed by atoms with van der Waals surface area (Å²) in [7, 11) is 0. The molecule has 1 aliphatic heterocycles. The third kappa shape index (κ3) is 2.63. The Kier molecular flexibility index (Phi) is 3.70. The maximum Gasteiger partial charge on any atom is 0.259 e. The number of hydrogen-bond acceptors (Lipinski definition) is 4. The molecule has 1 amide bonds. The van der Waals surface area contributed by atoms with Crippen molar-refractivity contribution in [2.45, 2.75) is 6.42 Å². The van der Waals surface area contributed by atoms with E-state index in [4.69, 9.17) is 11.6 Å². The summed E-state index contributed by atoms with van der Waals surface area (Å²) in [6.07, 6.45) is 2.45. The Bertz CT molecular complexity index is 914. The molecule has 0 radical (unpaired) electrons. The largest absolute Gasteiger partial charge is 0.292 e. The molecule has 5 nitrogen and oxygen atoms in total. The minimum atomic E-state index is -0.0708. The van der Waals surface area contributed by atoms with Gasteiger partial charge < -0.3 is 0 Å². The van der Waals surface area contributed by atoms with Crippen LogP contribution in [0.4, 0.5) is 5.82 Å². The van der Waals surface area contributed by atoms with Crippen molar-refractivity contribution >= 4 is 23.3 Å². The molecule has 6 heteroatoms. The Morgan fingerprint density at radius 2 is 1.88 bits per heavy atom. The average molecular weight is 337 g/mol. The molecule has 0 atom stereocenters. The SMILES string of the molecule is O=C1c2ccccc2CCN1c1cc(Cl)nc(-c2ccccn2)n1. The van der Waals surface area contributed by atoms with Crippen LogP contribution in [0.5, 0.6) is 0 Å². The zero-order valence-electron chi connectivity index (χ0n) is 12.7. The van der Waals surface area contributed by atoms with Crippen molar-refractivity contribution in [1.29, 1.82) is 0 Å². The molecular weight excluding hydrogens is 324 g/mol. The number of rotatable bonds is 2. The van der Waals surface area contributed by atoms with E-state index in [2.05, 4.69) is 15.0 Å². The van der Waals surface area contributed by atoms with Gasteiger partial charge in [0.05, 0.1) is 0 Å². The van der Waals surface area contributed by atoms with E-state index in [-0.39, 0.29) is 11.1 Å². The summed E-state index contributed by atoms with van der Waals surface area (Å²) in [5, 5.41) is 0.285. The van der Waals surface area contributed by atoms with Crippen molar-refractivity contribution in [1.82, 2.24) is 15.0 Å². The number of benzene rings is 1. The first-order valence-electron chi connectivity index (χ1n) is 7.58. The van der Waals surface area contributed by atoms with E-state index in [1.54, 1.807) is 17.2 Å². The maximum absolute atomic E-state index is 12.8. The number of nitrogens with zero attached hydrogens (tertiary/aromatic N) is 4. The van der Waals surface area contributed by atoms with Crippen molar-refractivity contribution in [3.8, 4) is 11.5 Å². The van der Waals surface area contributed by atoms with Gasteiger partial charge in [-0.15, -0.1) is 0 Å². The summed E-state index contributed by atoms with van der Waals surface area (Å²) >= 11 is 6.15. The van der Waals surface area contributed by atoms with E-state index in [0.29, 0.717) is 29.4 Å². The molecule has 0 unspecified atom stereocenters. The Balaban J connectivity index is 1.75. The Morgan fingerprint density at radius 1 is 1.04 bits per heavy atom. The molecule has 1 aromatic carbocycles. The predicted molar refractivity (Wildman–Crippen MR) is 92.1 cm³/mol. The van der Waals surface area contributed by atoms with E-state index in [1.165, 1.54) is 0 Å². The highest BCUT2D eigenvalue weighted by Gasteiger charge is 2.26. The van der Waals surface area contributed by atoms with Crippen molar-refractivity contribution in [2.75, 3.05) is 11.4 Å². The van der Waals surface area contributed by atoms with Gasteiger partial charge in [-0.3, -0.25) is 14.7 Å². The van der Waals surface area contributed by atoms with E-state index < -0.39 is 0 Å². The van der Waals surface area contributed by atoms with Crippen LogP contribution < -0.4 is 4.90 Å². The van der Waals surface area contributed by atoms with Crippen LogP contribution in [-0.4, -0.2) is 27.4 Å². The van der Waals surface area contributed by atoms with Crippen molar-refractivity contribution < 1.29 is 4.79 Å². The van der Waals surface area contributed by atoms with Gasteiger partial charge in [-0.2, -0.15) is 0 Å². The van der Waals surface area contributed by atoms with Gasteiger partial charge in [0.15, 0.2) is 5.82 Å². The predicted octanol–water partition coefficient (Wildman–Crippen LogP) is 3.39. The van der Waals surface area contributed by atoms with Crippen LogP contribution in [0.25, 0.3) is 11.5 Å². The molecule has 0 spiro atoms. The second-order valence-corrected chi connectivity index (χ2v) is 5.84. The lowest BCUT2D eigenvalue weighted by atomic mass is 9.99. The zero-order valence-corrected chi connectivity index (χ0v) is 13.4. The summed E-state index contributed by atoms with van der Waals surface area (Å²) in [4.78, 5) is 27.4. The van der Waals surface area contributed by atoms with Gasteiger partial charge in [0.2, 0.25) is 0 Å². The Morgan fingerprint density at radius 3 is 2.71 bits per heavy atom. The van der Waals surface area contributed by atoms with Crippen LogP contribution in [0, 0.1) is 0 Å². The van der Waals surface area contributed by atoms with E-state index >= 15 is 0 Å². The number of aromatic nitrogens is 3. The maximum atomic E-state index is 12.8. The normalized spacial score (nSPS) is 13.7. The van der Waals surface area contributed by atoms with Crippen LogP contribution in [0.3, 0.4) is 0 Å². The first-order chi connectivity index (χ1) is 11.7. The van der Waals surface area contributed by atoms with Crippen LogP contribution >= 0.6 is 11.6 Å². The van der Waals surface area contributed by atoms with Crippen LogP contribution in [0.15, 0.2) is 54.7 Å². The molecule has 24 heavy (non-hydrogen) atoms. The molecule has 0 N–H and O–H groups in total. The lowest BCUT2D eigenvalue weighted by molar-refractivity contribution is 0.0980. The smallest absolute Gasteiger partial charge is 0.259 e. The molecule has 0 fully saturated rings. The number of fused-ring (bicyclic) bond motifs is 1. The third-order valence-electron chi connectivity index (χ3n) is 3.95. The van der Waals surface area contributed by atoms with Crippen LogP contribution in [0.1, 0.15) is 15.9 Å². The molecule has 1 aliphatic rings. The Hall–Kier alpha value is -2.79. The lowest BCUT2D eigenvalue weighted by Gasteiger charge is -2.27. The van der Waals surface area contributed by atoms with Gasteiger partial charge in [0.1, 0.15) is 16.7 Å². The summed E-state index contributed by atoms with van der Waals surface area (Å²) in [5.74, 6) is 0.832. The number of carbonyl (C=O) groups is 1. The van der Waals surface area contributed by atoms with Gasteiger partial charge in [0.25, 0.3) is 5.91 Å². The third-order valence-corrected chi connectivity index (χ3v) is 4.14. The van der Waals surface area contributed by atoms with Gasteiger partial charge in [0, 0.05) is 24.4 Å². The average Bonchev–Trinajstić information content (AvgIpc) is 2.62. The number of hydrogen-bond donors (Lipinski definition) is 0. The number of halogens is 1. The standard InChI is InChI=1S/C18H13ClN4O/c19-15-11-16(22-17(21-15)14-7-3-4-9-20-14)23-10-8-12-5-1-2-6-13(12)18(23)24/h1-7,9,11H,8,10H2. The second kappa shape index (κ2) is 6.02. The van der Waals surface area contributed by atoms with E-state index in [0.717, 1.165) is 12.0 Å². The summed E-state index contributed by atoms with van der Waals surface area (Å²) in [6, 6.07) is 14.7. The van der Waals surface area contributed by atoms with Crippen molar-refractivity contribution in [3.63, 3.8) is 0 Å². The number of amides is 1. The molecule has 3 heterocycles. The second-order valence-electron chi connectivity index (χ2n) is 5.45. The molecule has 0 saturated carbocycles. The molecule has 0 bridgehead atoms. The molecule has 0 aliphatic carbocycles. The molecule has 2 aromatic heterocycles. The monoisotopic (exact) mass is 336 g/mol. The minimum Gasteiger partial charge on any atom is -0.292 e. The van der Waals surface area contributed by atoms with Crippen LogP contribution in [0.2, 0.25) is 5.15 Å². The number of carbonyl (C=O) groups excluding carboxylic acids is 1. The van der Waals surface area contributed by atoms with Crippen LogP contribution in [-0.2, 0) is 6.42 Å². The number of pyridine rings is 1. The van der Waals surface area contributed by atoms with Gasteiger partial charge in [-0.05, 0) is 30.2 Å². The highest BCUT2D eigenvalue weighted by molar-refractivity contribution is 6.29. The van der Waals surface area contributed by atoms with Gasteiger partial charge in [-0.25, -0.2) is 9.97 Å². The van der Waals surface area contributed by atoms with Crippen molar-refractivity contribution in [3.05, 3.63) is 71.0 Å².